The molecule has 1 aromatic carbocycles. The molecule has 0 heterocycles. The van der Waals surface area contributed by atoms with Gasteiger partial charge in [-0.3, -0.25) is 0 Å². The quantitative estimate of drug-likeness (QED) is 0.485. The van der Waals surface area contributed by atoms with E-state index in [9.17, 15) is 4.79 Å². The van der Waals surface area contributed by atoms with Crippen LogP contribution in [0.1, 0.15) is 6.99 Å². The second kappa shape index (κ2) is 5.97. The fourth-order valence-electron chi connectivity index (χ4n) is 0.918. The van der Waals surface area contributed by atoms with Crippen LogP contribution in [0.3, 0.4) is 0 Å². The van der Waals surface area contributed by atoms with Crippen LogP contribution in [0.4, 0.5) is 0 Å². The number of hydrogen-bond acceptors (Lipinski definition) is 1. The Bertz CT molecular complexity index is 298. The molecular formula is C10H11NaO2. The Morgan fingerprint density at radius 2 is 1.92 bits per heavy atom. The first-order valence-corrected chi connectivity index (χ1v) is 3.65. The van der Waals surface area contributed by atoms with Crippen molar-refractivity contribution in [3.05, 3.63) is 48.0 Å². The number of rotatable bonds is 3. The normalized spacial score (nSPS) is 8.62. The van der Waals surface area contributed by atoms with Gasteiger partial charge in [0.1, 0.15) is 0 Å². The molecule has 1 rings (SSSR count). The first-order chi connectivity index (χ1) is 5.70. The van der Waals surface area contributed by atoms with Crippen LogP contribution in [-0.4, -0.2) is 11.1 Å². The summed E-state index contributed by atoms with van der Waals surface area (Å²) in [5.41, 5.74) is 1.20. The molecule has 0 atom stereocenters. The Kier molecular flexibility index (Phi) is 5.71. The third-order valence-corrected chi connectivity index (χ3v) is 1.56. The summed E-state index contributed by atoms with van der Waals surface area (Å²) in [5, 5.41) is 8.54. The third kappa shape index (κ3) is 4.27. The number of carboxylic acid groups (broad SMARTS) is 1. The molecule has 0 aliphatic rings. The summed E-state index contributed by atoms with van der Waals surface area (Å²) in [6.45, 7) is 3.45. The zero-order chi connectivity index (χ0) is 8.97. The fourth-order valence-corrected chi connectivity index (χ4v) is 0.918. The van der Waals surface area contributed by atoms with Crippen LogP contribution in [0, 0.1) is 0 Å². The van der Waals surface area contributed by atoms with Gasteiger partial charge in [-0.15, -0.1) is 0 Å². The maximum Gasteiger partial charge on any atom is 1.00 e. The van der Waals surface area contributed by atoms with Crippen molar-refractivity contribution in [3.8, 4) is 0 Å². The van der Waals surface area contributed by atoms with Crippen LogP contribution in [0.5, 0.6) is 0 Å². The summed E-state index contributed by atoms with van der Waals surface area (Å²) in [5.74, 6) is -0.932. The van der Waals surface area contributed by atoms with Crippen LogP contribution in [0.2, 0.25) is 0 Å². The van der Waals surface area contributed by atoms with E-state index in [1.54, 1.807) is 0 Å². The molecular weight excluding hydrogens is 175 g/mol. The molecule has 0 saturated heterocycles. The Hall–Kier alpha value is -0.570. The zero-order valence-electron chi connectivity index (χ0n) is 8.66. The first kappa shape index (κ1) is 12.4. The molecule has 0 aliphatic heterocycles. The van der Waals surface area contributed by atoms with Crippen molar-refractivity contribution in [2.24, 2.45) is 0 Å². The van der Waals surface area contributed by atoms with Gasteiger partial charge < -0.3 is 6.53 Å². The summed E-state index contributed by atoms with van der Waals surface area (Å²) in [7, 11) is 0. The molecule has 1 aromatic rings. The van der Waals surface area contributed by atoms with Crippen LogP contribution in [-0.2, 0) is 11.2 Å². The van der Waals surface area contributed by atoms with Crippen molar-refractivity contribution in [3.63, 3.8) is 0 Å². The second-order valence-electron chi connectivity index (χ2n) is 2.57. The summed E-state index contributed by atoms with van der Waals surface area (Å²) in [4.78, 5) is 10.4. The maximum atomic E-state index is 10.4. The van der Waals surface area contributed by atoms with E-state index in [2.05, 4.69) is 6.58 Å². The van der Waals surface area contributed by atoms with Crippen LogP contribution in [0.25, 0.3) is 0 Å². The van der Waals surface area contributed by atoms with Crippen molar-refractivity contribution < 1.29 is 40.9 Å². The average molecular weight is 186 g/mol. The van der Waals surface area contributed by atoms with Gasteiger partial charge in [0.2, 0.25) is 0 Å². The summed E-state index contributed by atoms with van der Waals surface area (Å²) >= 11 is 0. The molecule has 0 aliphatic carbocycles. The number of benzene rings is 1. The molecule has 0 aromatic heterocycles. The van der Waals surface area contributed by atoms with Gasteiger partial charge in [-0.25, -0.2) is 4.79 Å². The minimum absolute atomic E-state index is 0. The van der Waals surface area contributed by atoms with E-state index in [0.29, 0.717) is 6.42 Å². The molecule has 0 spiro atoms. The van der Waals surface area contributed by atoms with E-state index >= 15 is 0 Å². The topological polar surface area (TPSA) is 37.3 Å². The van der Waals surface area contributed by atoms with Gasteiger partial charge in [-0.2, -0.15) is 0 Å². The summed E-state index contributed by atoms with van der Waals surface area (Å²) < 4.78 is 0. The van der Waals surface area contributed by atoms with Crippen molar-refractivity contribution in [2.75, 3.05) is 0 Å². The van der Waals surface area contributed by atoms with Crippen molar-refractivity contribution >= 4 is 5.97 Å². The van der Waals surface area contributed by atoms with Gasteiger partial charge in [0.15, 0.2) is 0 Å². The number of hydrogen-bond donors (Lipinski definition) is 1. The van der Waals surface area contributed by atoms with Crippen LogP contribution in [0.15, 0.2) is 42.5 Å². The molecule has 0 saturated carbocycles. The SMILES string of the molecule is C=C(Cc1ccccc1)C(=O)O.[H-].[Na+]. The molecule has 0 radical (unpaired) electrons. The van der Waals surface area contributed by atoms with Gasteiger partial charge in [-0.05, 0) is 5.56 Å². The van der Waals surface area contributed by atoms with Gasteiger partial charge >= 0.3 is 35.5 Å². The number of carboxylic acids is 1. The molecule has 1 N–H and O–H groups in total. The standard InChI is InChI=1S/C10H10O2.Na.H/c1-8(10(11)12)7-9-5-3-2-4-6-9;;/h2-6H,1,7H2,(H,11,12);;/q;+1;-1. The van der Waals surface area contributed by atoms with Gasteiger partial charge in [-0.1, -0.05) is 36.9 Å². The smallest absolute Gasteiger partial charge is 1.00 e. The Labute approximate surface area is 101 Å². The van der Waals surface area contributed by atoms with Gasteiger partial charge in [0.05, 0.1) is 0 Å². The predicted octanol–water partition coefficient (Wildman–Crippen LogP) is -1.01. The molecule has 64 valence electrons. The molecule has 0 amide bonds. The van der Waals surface area contributed by atoms with E-state index in [1.165, 1.54) is 0 Å². The molecule has 13 heavy (non-hydrogen) atoms. The second-order valence-corrected chi connectivity index (χ2v) is 2.57. The average Bonchev–Trinajstić information content (AvgIpc) is 2.06. The van der Waals surface area contributed by atoms with E-state index in [-0.39, 0.29) is 36.6 Å². The van der Waals surface area contributed by atoms with E-state index < -0.39 is 5.97 Å². The predicted molar refractivity (Wildman–Crippen MR) is 48.0 cm³/mol. The number of aliphatic carboxylic acids is 1. The third-order valence-electron chi connectivity index (χ3n) is 1.56. The van der Waals surface area contributed by atoms with Crippen molar-refractivity contribution in [2.45, 2.75) is 6.42 Å². The number of carbonyl (C=O) groups is 1. The van der Waals surface area contributed by atoms with Gasteiger partial charge in [0.25, 0.3) is 0 Å². The summed E-state index contributed by atoms with van der Waals surface area (Å²) in [6, 6.07) is 9.42. The molecule has 0 bridgehead atoms. The minimum atomic E-state index is -0.932. The van der Waals surface area contributed by atoms with Crippen molar-refractivity contribution in [1.82, 2.24) is 0 Å². The zero-order valence-corrected chi connectivity index (χ0v) is 9.66. The van der Waals surface area contributed by atoms with Crippen LogP contribution >= 0.6 is 0 Å². The van der Waals surface area contributed by atoms with E-state index in [0.717, 1.165) is 5.56 Å². The largest absolute Gasteiger partial charge is 1.00 e. The van der Waals surface area contributed by atoms with Crippen molar-refractivity contribution in [1.29, 1.82) is 0 Å². The van der Waals surface area contributed by atoms with Gasteiger partial charge in [0, 0.05) is 12.0 Å². The maximum absolute atomic E-state index is 10.4. The fraction of sp³-hybridized carbons (Fsp3) is 0.100. The molecule has 0 fully saturated rings. The molecule has 3 heteroatoms. The Morgan fingerprint density at radius 1 is 1.38 bits per heavy atom. The monoisotopic (exact) mass is 186 g/mol. The first-order valence-electron chi connectivity index (χ1n) is 3.65. The Morgan fingerprint density at radius 3 is 2.38 bits per heavy atom. The minimum Gasteiger partial charge on any atom is -1.00 e. The van der Waals surface area contributed by atoms with Crippen LogP contribution < -0.4 is 29.6 Å². The molecule has 2 nitrogen and oxygen atoms in total. The van der Waals surface area contributed by atoms with E-state index in [1.807, 2.05) is 30.3 Å². The van der Waals surface area contributed by atoms with E-state index in [4.69, 9.17) is 5.11 Å². The summed E-state index contributed by atoms with van der Waals surface area (Å²) in [6.07, 6.45) is 0.413. The Balaban J connectivity index is 0. The molecule has 0 unspecified atom stereocenters.